The number of para-hydroxylation sites is 1. The minimum atomic E-state index is -0.556. The maximum atomic E-state index is 13.5. The lowest BCUT2D eigenvalue weighted by Gasteiger charge is -2.31. The van der Waals surface area contributed by atoms with Crippen LogP contribution >= 0.6 is 0 Å². The number of hydrogen-bond donors (Lipinski definition) is 1. The largest absolute Gasteiger partial charge is 0.361 e. The second-order valence-corrected chi connectivity index (χ2v) is 9.88. The molecule has 3 rings (SSSR count). The molecule has 0 atom stereocenters. The quantitative estimate of drug-likeness (QED) is 0.427. The van der Waals surface area contributed by atoms with Crippen molar-refractivity contribution < 1.29 is 14.0 Å². The van der Waals surface area contributed by atoms with Crippen LogP contribution in [0.2, 0.25) is 0 Å². The summed E-state index contributed by atoms with van der Waals surface area (Å²) < 4.78 is 13.4. The highest BCUT2D eigenvalue weighted by molar-refractivity contribution is 5.87. The third-order valence-corrected chi connectivity index (χ3v) is 6.00. The van der Waals surface area contributed by atoms with Gasteiger partial charge in [0.25, 0.3) is 0 Å². The van der Waals surface area contributed by atoms with E-state index in [2.05, 4.69) is 18.0 Å². The Morgan fingerprint density at radius 1 is 0.971 bits per heavy atom. The Labute approximate surface area is 201 Å². The number of halogens is 1. The van der Waals surface area contributed by atoms with Gasteiger partial charge in [0.2, 0.25) is 11.8 Å². The highest BCUT2D eigenvalue weighted by Gasteiger charge is 2.29. The van der Waals surface area contributed by atoms with Crippen molar-refractivity contribution in [2.75, 3.05) is 19.6 Å². The molecule has 0 spiro atoms. The molecule has 1 N–H and O–H groups in total. The molecular weight excluding hydrogens is 429 g/mol. The van der Waals surface area contributed by atoms with E-state index in [1.165, 1.54) is 12.1 Å². The number of H-pyrrole nitrogens is 1. The SMILES string of the molecule is CCCCN(CC(=O)N(CCc1c[nH]c2ccccc12)Cc1ccc(F)cc1)C(=O)C(C)(C)C. The molecule has 0 unspecified atom stereocenters. The van der Waals surface area contributed by atoms with Crippen molar-refractivity contribution in [3.05, 3.63) is 71.7 Å². The summed E-state index contributed by atoms with van der Waals surface area (Å²) >= 11 is 0. The number of amides is 2. The smallest absolute Gasteiger partial charge is 0.242 e. The van der Waals surface area contributed by atoms with E-state index in [4.69, 9.17) is 0 Å². The molecule has 3 aromatic rings. The van der Waals surface area contributed by atoms with Gasteiger partial charge in [-0.2, -0.15) is 0 Å². The van der Waals surface area contributed by atoms with Crippen molar-refractivity contribution in [1.82, 2.24) is 14.8 Å². The first-order valence-electron chi connectivity index (χ1n) is 12.1. The van der Waals surface area contributed by atoms with E-state index in [0.29, 0.717) is 26.1 Å². The van der Waals surface area contributed by atoms with Crippen molar-refractivity contribution in [2.45, 2.75) is 53.5 Å². The van der Waals surface area contributed by atoms with Crippen LogP contribution in [0.3, 0.4) is 0 Å². The van der Waals surface area contributed by atoms with Gasteiger partial charge in [-0.1, -0.05) is 64.4 Å². The first kappa shape index (κ1) is 25.5. The molecule has 182 valence electrons. The van der Waals surface area contributed by atoms with Crippen LogP contribution in [-0.2, 0) is 22.6 Å². The fourth-order valence-electron chi connectivity index (χ4n) is 4.03. The van der Waals surface area contributed by atoms with Crippen LogP contribution < -0.4 is 0 Å². The highest BCUT2D eigenvalue weighted by Crippen LogP contribution is 2.20. The number of aromatic amines is 1. The number of benzene rings is 2. The topological polar surface area (TPSA) is 56.4 Å². The maximum absolute atomic E-state index is 13.5. The van der Waals surface area contributed by atoms with Gasteiger partial charge >= 0.3 is 0 Å². The normalized spacial score (nSPS) is 11.6. The van der Waals surface area contributed by atoms with Crippen LogP contribution in [0.1, 0.15) is 51.7 Å². The van der Waals surface area contributed by atoms with Gasteiger partial charge in [0.05, 0.1) is 6.54 Å². The second-order valence-electron chi connectivity index (χ2n) is 9.88. The van der Waals surface area contributed by atoms with E-state index in [1.54, 1.807) is 21.9 Å². The summed E-state index contributed by atoms with van der Waals surface area (Å²) in [4.78, 5) is 33.3. The van der Waals surface area contributed by atoms with Crippen molar-refractivity contribution in [1.29, 1.82) is 0 Å². The Morgan fingerprint density at radius 3 is 2.35 bits per heavy atom. The molecule has 0 aliphatic rings. The monoisotopic (exact) mass is 465 g/mol. The molecule has 0 aliphatic heterocycles. The van der Waals surface area contributed by atoms with Crippen LogP contribution in [0.15, 0.2) is 54.7 Å². The average molecular weight is 466 g/mol. The van der Waals surface area contributed by atoms with Gasteiger partial charge in [-0.15, -0.1) is 0 Å². The zero-order valence-electron chi connectivity index (χ0n) is 20.7. The Hall–Kier alpha value is -3.15. The van der Waals surface area contributed by atoms with E-state index in [9.17, 15) is 14.0 Å². The number of fused-ring (bicyclic) bond motifs is 1. The molecule has 0 aliphatic carbocycles. The lowest BCUT2D eigenvalue weighted by molar-refractivity contribution is -0.145. The number of nitrogens with one attached hydrogen (secondary N) is 1. The molecule has 5 nitrogen and oxygen atoms in total. The van der Waals surface area contributed by atoms with Crippen LogP contribution in [-0.4, -0.2) is 46.2 Å². The zero-order chi connectivity index (χ0) is 24.7. The average Bonchev–Trinajstić information content (AvgIpc) is 3.22. The van der Waals surface area contributed by atoms with Gasteiger partial charge in [0, 0.05) is 42.1 Å². The summed E-state index contributed by atoms with van der Waals surface area (Å²) in [5.74, 6) is -0.424. The minimum absolute atomic E-state index is 0.0207. The summed E-state index contributed by atoms with van der Waals surface area (Å²) in [6, 6.07) is 14.3. The predicted octanol–water partition coefficient (Wildman–Crippen LogP) is 5.55. The Morgan fingerprint density at radius 2 is 1.68 bits per heavy atom. The lowest BCUT2D eigenvalue weighted by atomic mass is 9.94. The molecule has 6 heteroatoms. The molecule has 1 heterocycles. The highest BCUT2D eigenvalue weighted by atomic mass is 19.1. The standard InChI is InChI=1S/C28H36FN3O2/c1-5-6-16-32(27(34)28(2,3)4)20-26(33)31(19-21-11-13-23(29)14-12-21)17-15-22-18-30-25-10-8-7-9-24(22)25/h7-14,18,30H,5-6,15-17,19-20H2,1-4H3. The van der Waals surface area contributed by atoms with E-state index < -0.39 is 5.41 Å². The number of rotatable bonds is 10. The molecule has 0 fully saturated rings. The zero-order valence-corrected chi connectivity index (χ0v) is 20.7. The van der Waals surface area contributed by atoms with Crippen molar-refractivity contribution in [2.24, 2.45) is 5.41 Å². The Kier molecular flexibility index (Phi) is 8.48. The van der Waals surface area contributed by atoms with Crippen molar-refractivity contribution >= 4 is 22.7 Å². The minimum Gasteiger partial charge on any atom is -0.361 e. The van der Waals surface area contributed by atoms with Gasteiger partial charge in [0.1, 0.15) is 5.82 Å². The molecule has 34 heavy (non-hydrogen) atoms. The molecule has 0 saturated carbocycles. The number of carbonyl (C=O) groups is 2. The maximum Gasteiger partial charge on any atom is 0.242 e. The third kappa shape index (κ3) is 6.69. The lowest BCUT2D eigenvalue weighted by Crippen LogP contribution is -2.47. The number of aromatic nitrogens is 1. The molecule has 0 bridgehead atoms. The fraction of sp³-hybridized carbons (Fsp3) is 0.429. The fourth-order valence-corrected chi connectivity index (χ4v) is 4.03. The molecule has 1 aromatic heterocycles. The summed E-state index contributed by atoms with van der Waals surface area (Å²) in [5.41, 5.74) is 2.51. The number of hydrogen-bond acceptors (Lipinski definition) is 2. The van der Waals surface area contributed by atoms with Gasteiger partial charge in [-0.25, -0.2) is 4.39 Å². The van der Waals surface area contributed by atoms with Crippen LogP contribution in [0.25, 0.3) is 10.9 Å². The van der Waals surface area contributed by atoms with Gasteiger partial charge < -0.3 is 14.8 Å². The van der Waals surface area contributed by atoms with Crippen LogP contribution in [0.4, 0.5) is 4.39 Å². The second kappa shape index (κ2) is 11.3. The van der Waals surface area contributed by atoms with E-state index >= 15 is 0 Å². The Bertz CT molecular complexity index is 1100. The van der Waals surface area contributed by atoms with E-state index in [-0.39, 0.29) is 24.2 Å². The molecule has 2 amide bonds. The number of carbonyl (C=O) groups excluding carboxylic acids is 2. The molecule has 0 radical (unpaired) electrons. The Balaban J connectivity index is 1.79. The molecular formula is C28H36FN3O2. The molecule has 2 aromatic carbocycles. The first-order valence-corrected chi connectivity index (χ1v) is 12.1. The number of nitrogens with zero attached hydrogens (tertiary/aromatic N) is 2. The van der Waals surface area contributed by atoms with Crippen LogP contribution in [0, 0.1) is 11.2 Å². The van der Waals surface area contributed by atoms with Gasteiger partial charge in [0.15, 0.2) is 0 Å². The first-order chi connectivity index (χ1) is 16.2. The van der Waals surface area contributed by atoms with E-state index in [1.807, 2.05) is 45.2 Å². The van der Waals surface area contributed by atoms with Crippen LogP contribution in [0.5, 0.6) is 0 Å². The van der Waals surface area contributed by atoms with Crippen molar-refractivity contribution in [3.8, 4) is 0 Å². The summed E-state index contributed by atoms with van der Waals surface area (Å²) in [7, 11) is 0. The van der Waals surface area contributed by atoms with Gasteiger partial charge in [-0.3, -0.25) is 9.59 Å². The number of unbranched alkanes of at least 4 members (excludes halogenated alkanes) is 1. The summed E-state index contributed by atoms with van der Waals surface area (Å²) in [6.45, 7) is 9.19. The molecule has 0 saturated heterocycles. The van der Waals surface area contributed by atoms with Gasteiger partial charge in [-0.05, 0) is 42.2 Å². The van der Waals surface area contributed by atoms with E-state index in [0.717, 1.165) is 34.9 Å². The predicted molar refractivity (Wildman–Crippen MR) is 135 cm³/mol. The third-order valence-electron chi connectivity index (χ3n) is 6.00. The summed E-state index contributed by atoms with van der Waals surface area (Å²) in [6.07, 6.45) is 4.46. The summed E-state index contributed by atoms with van der Waals surface area (Å²) in [5, 5.41) is 1.14. The van der Waals surface area contributed by atoms with Crippen molar-refractivity contribution in [3.63, 3.8) is 0 Å².